The molecule has 0 aliphatic carbocycles. The third-order valence-corrected chi connectivity index (χ3v) is 5.31. The molecule has 1 atom stereocenters. The van der Waals surface area contributed by atoms with E-state index in [1.165, 1.54) is 16.7 Å². The van der Waals surface area contributed by atoms with Crippen LogP contribution < -0.4 is 10.5 Å². The third-order valence-electron chi connectivity index (χ3n) is 2.70. The maximum atomic E-state index is 11.9. The molecule has 19 heavy (non-hydrogen) atoms. The molecule has 0 saturated carbocycles. The molecule has 1 aliphatic heterocycles. The zero-order valence-corrected chi connectivity index (χ0v) is 12.5. The highest BCUT2D eigenvalue weighted by Crippen LogP contribution is 2.20. The molecule has 2 heterocycles. The van der Waals surface area contributed by atoms with Crippen molar-refractivity contribution in [1.82, 2.24) is 14.3 Å². The summed E-state index contributed by atoms with van der Waals surface area (Å²) >= 11 is 2.46. The minimum Gasteiger partial charge on any atom is -0.323 e. The number of nitrogens with two attached hydrogens (primary N) is 1. The summed E-state index contributed by atoms with van der Waals surface area (Å²) in [5.41, 5.74) is 0. The van der Waals surface area contributed by atoms with Crippen molar-refractivity contribution in [2.75, 3.05) is 24.7 Å². The van der Waals surface area contributed by atoms with E-state index in [0.717, 1.165) is 11.5 Å². The first-order chi connectivity index (χ1) is 8.90. The molecule has 1 aromatic heterocycles. The average molecular weight is 323 g/mol. The van der Waals surface area contributed by atoms with E-state index in [9.17, 15) is 13.2 Å². The number of carbonyl (C=O) groups excluding carboxylic acids is 1. The van der Waals surface area contributed by atoms with Gasteiger partial charge in [-0.1, -0.05) is 11.8 Å². The number of anilines is 1. The van der Waals surface area contributed by atoms with Crippen molar-refractivity contribution in [3.63, 3.8) is 0 Å². The minimum absolute atomic E-state index is 0.110. The molecule has 0 radical (unpaired) electrons. The molecule has 8 nitrogen and oxygen atoms in total. The Morgan fingerprint density at radius 2 is 2.37 bits per heavy atom. The maximum absolute atomic E-state index is 11.9. The molecule has 3 N–H and O–H groups in total. The summed E-state index contributed by atoms with van der Waals surface area (Å²) < 4.78 is 26.4. The Morgan fingerprint density at radius 1 is 1.63 bits per heavy atom. The number of primary sulfonamides is 1. The van der Waals surface area contributed by atoms with E-state index in [1.807, 2.05) is 6.26 Å². The number of urea groups is 1. The number of aromatic nitrogens is 2. The van der Waals surface area contributed by atoms with Gasteiger partial charge in [0, 0.05) is 24.6 Å². The van der Waals surface area contributed by atoms with Gasteiger partial charge in [-0.25, -0.2) is 18.4 Å². The van der Waals surface area contributed by atoms with Crippen molar-refractivity contribution >= 4 is 44.5 Å². The van der Waals surface area contributed by atoms with Crippen molar-refractivity contribution in [3.05, 3.63) is 0 Å². The number of sulfonamides is 1. The number of hydrogen-bond donors (Lipinski definition) is 2. The maximum Gasteiger partial charge on any atom is 0.323 e. The lowest BCUT2D eigenvalue weighted by Crippen LogP contribution is -2.36. The molecule has 106 valence electrons. The van der Waals surface area contributed by atoms with Crippen LogP contribution in [0.4, 0.5) is 9.93 Å². The van der Waals surface area contributed by atoms with Crippen LogP contribution in [0, 0.1) is 0 Å². The standard InChI is InChI=1S/C8H13N5O3S3/c1-17-7-10-6(18-12-7)11-8(14)13-3-2-5(4-13)19(9,15)16/h5H,2-4H2,1H3,(H2,9,15,16)(H,10,11,12,14). The predicted molar refractivity (Wildman–Crippen MR) is 73.8 cm³/mol. The summed E-state index contributed by atoms with van der Waals surface area (Å²) in [6.07, 6.45) is 2.20. The van der Waals surface area contributed by atoms with Crippen LogP contribution in [-0.4, -0.2) is 53.3 Å². The highest BCUT2D eigenvalue weighted by Gasteiger charge is 2.33. The van der Waals surface area contributed by atoms with Gasteiger partial charge in [-0.15, -0.1) is 0 Å². The molecule has 1 fully saturated rings. The van der Waals surface area contributed by atoms with Gasteiger partial charge >= 0.3 is 6.03 Å². The van der Waals surface area contributed by atoms with Gasteiger partial charge in [-0.05, 0) is 12.7 Å². The number of likely N-dealkylation sites (tertiary alicyclic amines) is 1. The minimum atomic E-state index is -3.59. The van der Waals surface area contributed by atoms with Crippen molar-refractivity contribution < 1.29 is 13.2 Å². The smallest absolute Gasteiger partial charge is 0.323 e. The first kappa shape index (κ1) is 14.5. The van der Waals surface area contributed by atoms with Crippen molar-refractivity contribution in [2.45, 2.75) is 16.8 Å². The summed E-state index contributed by atoms with van der Waals surface area (Å²) in [5, 5.41) is 7.96. The first-order valence-electron chi connectivity index (χ1n) is 5.35. The zero-order valence-electron chi connectivity index (χ0n) is 10.1. The zero-order chi connectivity index (χ0) is 14.0. The fourth-order valence-corrected chi connectivity index (χ4v) is 3.63. The molecule has 11 heteroatoms. The highest BCUT2D eigenvalue weighted by molar-refractivity contribution is 7.98. The molecule has 1 aromatic rings. The van der Waals surface area contributed by atoms with Crippen LogP contribution in [0.5, 0.6) is 0 Å². The molecule has 0 spiro atoms. The summed E-state index contributed by atoms with van der Waals surface area (Å²) in [4.78, 5) is 17.4. The van der Waals surface area contributed by atoms with Crippen LogP contribution in [0.3, 0.4) is 0 Å². The van der Waals surface area contributed by atoms with Gasteiger partial charge in [-0.3, -0.25) is 5.32 Å². The van der Waals surface area contributed by atoms with Crippen molar-refractivity contribution in [3.8, 4) is 0 Å². The molecular weight excluding hydrogens is 310 g/mol. The van der Waals surface area contributed by atoms with E-state index >= 15 is 0 Å². The lowest BCUT2D eigenvalue weighted by molar-refractivity contribution is 0.222. The van der Waals surface area contributed by atoms with E-state index in [0.29, 0.717) is 23.3 Å². The largest absolute Gasteiger partial charge is 0.323 e. The quantitative estimate of drug-likeness (QED) is 0.765. The van der Waals surface area contributed by atoms with E-state index in [1.54, 1.807) is 0 Å². The van der Waals surface area contributed by atoms with Gasteiger partial charge < -0.3 is 4.90 Å². The van der Waals surface area contributed by atoms with Crippen molar-refractivity contribution in [1.29, 1.82) is 0 Å². The number of thioether (sulfide) groups is 1. The normalized spacial score (nSPS) is 19.7. The Kier molecular flexibility index (Phi) is 4.28. The predicted octanol–water partition coefficient (Wildman–Crippen LogP) is 0.155. The number of amides is 2. The number of rotatable bonds is 3. The Bertz CT molecular complexity index is 572. The van der Waals surface area contributed by atoms with Gasteiger partial charge in [0.05, 0.1) is 5.25 Å². The highest BCUT2D eigenvalue weighted by atomic mass is 32.2. The lowest BCUT2D eigenvalue weighted by Gasteiger charge is -2.15. The molecular formula is C8H13N5O3S3. The van der Waals surface area contributed by atoms with E-state index in [2.05, 4.69) is 14.7 Å². The molecule has 1 saturated heterocycles. The first-order valence-corrected chi connectivity index (χ1v) is 8.96. The van der Waals surface area contributed by atoms with Crippen LogP contribution in [0.25, 0.3) is 0 Å². The van der Waals surface area contributed by atoms with Gasteiger partial charge in [0.2, 0.25) is 20.3 Å². The van der Waals surface area contributed by atoms with Gasteiger partial charge in [-0.2, -0.15) is 9.36 Å². The molecule has 2 rings (SSSR count). The fraction of sp³-hybridized carbons (Fsp3) is 0.625. The van der Waals surface area contributed by atoms with Crippen LogP contribution in [0.15, 0.2) is 5.16 Å². The summed E-state index contributed by atoms with van der Waals surface area (Å²) in [7, 11) is -3.59. The Balaban J connectivity index is 1.95. The van der Waals surface area contributed by atoms with Crippen LogP contribution in [0.2, 0.25) is 0 Å². The van der Waals surface area contributed by atoms with Crippen LogP contribution >= 0.6 is 23.3 Å². The Labute approximate surface area is 119 Å². The molecule has 1 aliphatic rings. The molecule has 1 unspecified atom stereocenters. The van der Waals surface area contributed by atoms with Crippen LogP contribution in [0.1, 0.15) is 6.42 Å². The van der Waals surface area contributed by atoms with Gasteiger partial charge in [0.1, 0.15) is 0 Å². The molecule has 0 bridgehead atoms. The van der Waals surface area contributed by atoms with Gasteiger partial charge in [0.25, 0.3) is 0 Å². The van der Waals surface area contributed by atoms with E-state index < -0.39 is 15.3 Å². The van der Waals surface area contributed by atoms with E-state index in [-0.39, 0.29) is 12.6 Å². The molecule has 0 aromatic carbocycles. The third kappa shape index (κ3) is 3.55. The second-order valence-corrected chi connectivity index (χ2v) is 7.33. The fourth-order valence-electron chi connectivity index (χ4n) is 1.70. The SMILES string of the molecule is CSc1nsc(NC(=O)N2CCC(S(N)(=O)=O)C2)n1. The monoisotopic (exact) mass is 323 g/mol. The molecule has 2 amide bonds. The number of carbonyl (C=O) groups is 1. The average Bonchev–Trinajstić information content (AvgIpc) is 2.96. The van der Waals surface area contributed by atoms with E-state index in [4.69, 9.17) is 5.14 Å². The second-order valence-electron chi connectivity index (χ2n) is 3.96. The number of nitrogens with zero attached hydrogens (tertiary/aromatic N) is 3. The lowest BCUT2D eigenvalue weighted by atomic mass is 10.4. The summed E-state index contributed by atoms with van der Waals surface area (Å²) in [6, 6.07) is -0.380. The second kappa shape index (κ2) is 5.61. The Hall–Kier alpha value is -0.910. The number of hydrogen-bond acceptors (Lipinski definition) is 7. The van der Waals surface area contributed by atoms with Gasteiger partial charge in [0.15, 0.2) is 0 Å². The Morgan fingerprint density at radius 3 is 2.89 bits per heavy atom. The summed E-state index contributed by atoms with van der Waals surface area (Å²) in [5.74, 6) is 0. The summed E-state index contributed by atoms with van der Waals surface area (Å²) in [6.45, 7) is 0.472. The van der Waals surface area contributed by atoms with Crippen molar-refractivity contribution in [2.24, 2.45) is 5.14 Å². The number of nitrogens with one attached hydrogen (secondary N) is 1. The topological polar surface area (TPSA) is 118 Å². The van der Waals surface area contributed by atoms with Crippen LogP contribution in [-0.2, 0) is 10.0 Å².